The highest BCUT2D eigenvalue weighted by Crippen LogP contribution is 2.27. The average molecular weight is 312 g/mol. The molecule has 0 saturated carbocycles. The molecule has 0 fully saturated rings. The van der Waals surface area contributed by atoms with E-state index in [9.17, 15) is 15.2 Å². The predicted octanol–water partition coefficient (Wildman–Crippen LogP) is 3.23. The Balaban J connectivity index is 2.10. The molecule has 0 bridgehead atoms. The molecule has 0 radical (unpaired) electrons. The highest BCUT2D eigenvalue weighted by atomic mass is 79.9. The minimum Gasteiger partial charge on any atom is -0.457 e. The van der Waals surface area contributed by atoms with Crippen LogP contribution in [0.1, 0.15) is 17.2 Å². The van der Waals surface area contributed by atoms with Gasteiger partial charge in [-0.2, -0.15) is 0 Å². The molecule has 0 spiro atoms. The molecule has 1 aromatic carbocycles. The number of rotatable bonds is 4. The van der Waals surface area contributed by atoms with Crippen LogP contribution in [0.5, 0.6) is 0 Å². The summed E-state index contributed by atoms with van der Waals surface area (Å²) in [4.78, 5) is 10.1. The smallest absolute Gasteiger partial charge is 0.269 e. The Kier molecular flexibility index (Phi) is 3.78. The first kappa shape index (κ1) is 12.8. The van der Waals surface area contributed by atoms with Crippen LogP contribution in [0, 0.1) is 10.1 Å². The molecule has 1 unspecified atom stereocenters. The lowest BCUT2D eigenvalue weighted by Gasteiger charge is -2.08. The summed E-state index contributed by atoms with van der Waals surface area (Å²) in [6.07, 6.45) is 1.15. The zero-order chi connectivity index (χ0) is 13.1. The van der Waals surface area contributed by atoms with E-state index in [-0.39, 0.29) is 5.69 Å². The lowest BCUT2D eigenvalue weighted by molar-refractivity contribution is -0.384. The van der Waals surface area contributed by atoms with Crippen molar-refractivity contribution >= 4 is 21.6 Å². The Morgan fingerprint density at radius 2 is 2.00 bits per heavy atom. The Morgan fingerprint density at radius 3 is 2.50 bits per heavy atom. The van der Waals surface area contributed by atoms with Crippen LogP contribution in [0.2, 0.25) is 0 Å². The Bertz CT molecular complexity index is 549. The van der Waals surface area contributed by atoms with E-state index in [1.807, 2.05) is 0 Å². The number of aliphatic hydroxyl groups excluding tert-OH is 1. The fourth-order valence-electron chi connectivity index (χ4n) is 1.63. The molecule has 0 aliphatic carbocycles. The zero-order valence-electron chi connectivity index (χ0n) is 9.25. The highest BCUT2D eigenvalue weighted by molar-refractivity contribution is 9.10. The summed E-state index contributed by atoms with van der Waals surface area (Å²) in [7, 11) is 0. The van der Waals surface area contributed by atoms with E-state index >= 15 is 0 Å². The van der Waals surface area contributed by atoms with E-state index in [0.29, 0.717) is 16.7 Å². The van der Waals surface area contributed by atoms with Crippen molar-refractivity contribution < 1.29 is 14.4 Å². The van der Waals surface area contributed by atoms with Crippen LogP contribution in [0.25, 0.3) is 0 Å². The molecule has 18 heavy (non-hydrogen) atoms. The summed E-state index contributed by atoms with van der Waals surface area (Å²) < 4.78 is 5.54. The molecule has 0 aliphatic heterocycles. The fraction of sp³-hybridized carbons (Fsp3) is 0.167. The van der Waals surface area contributed by atoms with E-state index < -0.39 is 11.0 Å². The van der Waals surface area contributed by atoms with Crippen molar-refractivity contribution in [1.29, 1.82) is 0 Å². The van der Waals surface area contributed by atoms with Gasteiger partial charge in [0.2, 0.25) is 0 Å². The lowest BCUT2D eigenvalue weighted by Crippen LogP contribution is -2.01. The van der Waals surface area contributed by atoms with Gasteiger partial charge in [0.25, 0.3) is 5.69 Å². The van der Waals surface area contributed by atoms with Gasteiger partial charge in [0.1, 0.15) is 0 Å². The van der Waals surface area contributed by atoms with Crippen LogP contribution in [-0.2, 0) is 6.42 Å². The van der Waals surface area contributed by atoms with Crippen LogP contribution in [-0.4, -0.2) is 10.0 Å². The summed E-state index contributed by atoms with van der Waals surface area (Å²) >= 11 is 3.19. The number of nitro benzene ring substituents is 1. The van der Waals surface area contributed by atoms with Crippen LogP contribution >= 0.6 is 15.9 Å². The normalized spacial score (nSPS) is 12.3. The van der Waals surface area contributed by atoms with E-state index in [4.69, 9.17) is 4.42 Å². The molecule has 1 atom stereocenters. The maximum atomic E-state index is 10.5. The summed E-state index contributed by atoms with van der Waals surface area (Å²) in [6.45, 7) is 0. The predicted molar refractivity (Wildman–Crippen MR) is 68.2 cm³/mol. The van der Waals surface area contributed by atoms with Crippen LogP contribution in [0.3, 0.4) is 0 Å². The average Bonchev–Trinajstić information content (AvgIpc) is 2.76. The Hall–Kier alpha value is -1.66. The van der Waals surface area contributed by atoms with Gasteiger partial charge in [-0.25, -0.2) is 0 Å². The minimum absolute atomic E-state index is 0.0396. The second-order valence-electron chi connectivity index (χ2n) is 3.79. The quantitative estimate of drug-likeness (QED) is 0.694. The van der Waals surface area contributed by atoms with Crippen molar-refractivity contribution in [2.75, 3.05) is 0 Å². The summed E-state index contributed by atoms with van der Waals surface area (Å²) in [5.74, 6) is 0. The standard InChI is InChI=1S/C12H10BrNO4/c13-12-10(5-6-18-12)11(15)7-8-1-3-9(4-2-8)14(16)17/h1-6,11,15H,7H2. The number of non-ortho nitro benzene ring substituents is 1. The van der Waals surface area contributed by atoms with Crippen molar-refractivity contribution in [3.05, 3.63) is 62.5 Å². The van der Waals surface area contributed by atoms with Crippen molar-refractivity contribution in [3.8, 4) is 0 Å². The highest BCUT2D eigenvalue weighted by Gasteiger charge is 2.15. The van der Waals surface area contributed by atoms with Gasteiger partial charge in [-0.3, -0.25) is 10.1 Å². The van der Waals surface area contributed by atoms with E-state index in [1.54, 1.807) is 18.2 Å². The van der Waals surface area contributed by atoms with Gasteiger partial charge < -0.3 is 9.52 Å². The summed E-state index contributed by atoms with van der Waals surface area (Å²) in [5.41, 5.74) is 1.52. The third kappa shape index (κ3) is 2.77. The fourth-order valence-corrected chi connectivity index (χ4v) is 2.13. The van der Waals surface area contributed by atoms with Gasteiger partial charge in [-0.1, -0.05) is 12.1 Å². The van der Waals surface area contributed by atoms with Crippen molar-refractivity contribution in [2.45, 2.75) is 12.5 Å². The van der Waals surface area contributed by atoms with Gasteiger partial charge in [0, 0.05) is 24.1 Å². The van der Waals surface area contributed by atoms with E-state index in [0.717, 1.165) is 5.56 Å². The number of nitro groups is 1. The second-order valence-corrected chi connectivity index (χ2v) is 4.51. The van der Waals surface area contributed by atoms with E-state index in [2.05, 4.69) is 15.9 Å². The lowest BCUT2D eigenvalue weighted by atomic mass is 10.0. The number of hydrogen-bond acceptors (Lipinski definition) is 4. The molecular formula is C12H10BrNO4. The number of nitrogens with zero attached hydrogens (tertiary/aromatic N) is 1. The SMILES string of the molecule is O=[N+]([O-])c1ccc(CC(O)c2ccoc2Br)cc1. The maximum Gasteiger partial charge on any atom is 0.269 e. The molecule has 0 amide bonds. The molecule has 1 aromatic heterocycles. The first-order valence-corrected chi connectivity index (χ1v) is 6.01. The van der Waals surface area contributed by atoms with Gasteiger partial charge in [-0.05, 0) is 27.6 Å². The van der Waals surface area contributed by atoms with Gasteiger partial charge >= 0.3 is 0 Å². The van der Waals surface area contributed by atoms with Crippen LogP contribution in [0.4, 0.5) is 5.69 Å². The minimum atomic E-state index is -0.709. The van der Waals surface area contributed by atoms with Crippen LogP contribution in [0.15, 0.2) is 45.7 Å². The largest absolute Gasteiger partial charge is 0.457 e. The van der Waals surface area contributed by atoms with E-state index in [1.165, 1.54) is 18.4 Å². The Labute approximate surface area is 111 Å². The van der Waals surface area contributed by atoms with Crippen molar-refractivity contribution in [2.24, 2.45) is 0 Å². The third-order valence-corrected chi connectivity index (χ3v) is 3.23. The molecule has 6 heteroatoms. The Morgan fingerprint density at radius 1 is 1.33 bits per heavy atom. The number of halogens is 1. The molecule has 2 aromatic rings. The van der Waals surface area contributed by atoms with Crippen LogP contribution < -0.4 is 0 Å². The maximum absolute atomic E-state index is 10.5. The monoisotopic (exact) mass is 311 g/mol. The molecule has 2 rings (SSSR count). The third-order valence-electron chi connectivity index (χ3n) is 2.58. The first-order chi connectivity index (χ1) is 8.58. The number of aliphatic hydroxyl groups is 1. The summed E-state index contributed by atoms with van der Waals surface area (Å²) in [5, 5.41) is 20.5. The second kappa shape index (κ2) is 5.32. The topological polar surface area (TPSA) is 76.5 Å². The molecule has 5 nitrogen and oxygen atoms in total. The van der Waals surface area contributed by atoms with Crippen molar-refractivity contribution in [3.63, 3.8) is 0 Å². The number of benzene rings is 1. The molecule has 0 saturated heterocycles. The molecule has 94 valence electrons. The van der Waals surface area contributed by atoms with Gasteiger partial charge in [0.15, 0.2) is 4.67 Å². The van der Waals surface area contributed by atoms with Crippen molar-refractivity contribution in [1.82, 2.24) is 0 Å². The zero-order valence-corrected chi connectivity index (χ0v) is 10.8. The molecule has 1 N–H and O–H groups in total. The molecule has 1 heterocycles. The molecular weight excluding hydrogens is 302 g/mol. The first-order valence-electron chi connectivity index (χ1n) is 5.22. The number of furan rings is 1. The van der Waals surface area contributed by atoms with Gasteiger partial charge in [-0.15, -0.1) is 0 Å². The number of hydrogen-bond donors (Lipinski definition) is 1. The summed E-state index contributed by atoms with van der Waals surface area (Å²) in [6, 6.07) is 7.80. The molecule has 0 aliphatic rings. The van der Waals surface area contributed by atoms with Gasteiger partial charge in [0.05, 0.1) is 17.3 Å².